The van der Waals surface area contributed by atoms with Crippen LogP contribution in [-0.2, 0) is 16.1 Å². The molecule has 2 amide bonds. The third kappa shape index (κ3) is 5.50. The summed E-state index contributed by atoms with van der Waals surface area (Å²) in [5.41, 5.74) is 3.03. The highest BCUT2D eigenvalue weighted by atomic mass is 16.5. The number of amides is 2. The Kier molecular flexibility index (Phi) is 7.49. The molecule has 3 aromatic carbocycles. The predicted molar refractivity (Wildman–Crippen MR) is 144 cm³/mol. The molecule has 7 nitrogen and oxygen atoms in total. The number of rotatable bonds is 8. The summed E-state index contributed by atoms with van der Waals surface area (Å²) in [6.07, 6.45) is 7.00. The number of carbonyl (C=O) groups is 2. The molecule has 1 aliphatic carbocycles. The van der Waals surface area contributed by atoms with Gasteiger partial charge in [0.1, 0.15) is 18.3 Å². The van der Waals surface area contributed by atoms with Gasteiger partial charge in [-0.25, -0.2) is 4.98 Å². The first-order valence-electron chi connectivity index (χ1n) is 12.9. The lowest BCUT2D eigenvalue weighted by Gasteiger charge is -2.33. The van der Waals surface area contributed by atoms with E-state index in [1.165, 1.54) is 6.42 Å². The van der Waals surface area contributed by atoms with E-state index in [0.717, 1.165) is 42.3 Å². The van der Waals surface area contributed by atoms with Crippen LogP contribution in [-0.4, -0.2) is 34.5 Å². The number of nitrogens with one attached hydrogen (secondary N) is 1. The Morgan fingerprint density at radius 3 is 2.54 bits per heavy atom. The van der Waals surface area contributed by atoms with Crippen LogP contribution in [0.4, 0.5) is 5.69 Å². The summed E-state index contributed by atoms with van der Waals surface area (Å²) in [5, 5.41) is 3.26. The first-order chi connectivity index (χ1) is 18.1. The molecule has 1 N–H and O–H groups in total. The van der Waals surface area contributed by atoms with Gasteiger partial charge in [-0.1, -0.05) is 67.8 Å². The maximum atomic E-state index is 14.1. The van der Waals surface area contributed by atoms with Crippen molar-refractivity contribution in [1.82, 2.24) is 14.9 Å². The number of imidazole rings is 1. The Labute approximate surface area is 217 Å². The highest BCUT2D eigenvalue weighted by Crippen LogP contribution is 2.32. The molecule has 37 heavy (non-hydrogen) atoms. The van der Waals surface area contributed by atoms with Crippen LogP contribution in [0.3, 0.4) is 0 Å². The van der Waals surface area contributed by atoms with E-state index in [1.807, 2.05) is 77.4 Å². The van der Waals surface area contributed by atoms with Crippen LogP contribution in [0.25, 0.3) is 11.0 Å². The maximum absolute atomic E-state index is 14.1. The summed E-state index contributed by atoms with van der Waals surface area (Å²) < 4.78 is 7.29. The van der Waals surface area contributed by atoms with Crippen LogP contribution < -0.4 is 15.0 Å². The monoisotopic (exact) mass is 496 g/mol. The lowest BCUT2D eigenvalue weighted by atomic mass is 9.94. The van der Waals surface area contributed by atoms with Gasteiger partial charge in [0.15, 0.2) is 0 Å². The molecule has 1 heterocycles. The number of aromatic nitrogens is 2. The third-order valence-corrected chi connectivity index (χ3v) is 7.01. The Morgan fingerprint density at radius 1 is 1.00 bits per heavy atom. The van der Waals surface area contributed by atoms with E-state index in [-0.39, 0.29) is 24.4 Å². The molecule has 4 aromatic rings. The SMILES string of the molecule is COc1cccc(N(C(=O)Cn2cnc3ccccc32)[C@H](C(=O)NC2CCCCC2)c2ccccc2)c1. The van der Waals surface area contributed by atoms with Crippen LogP contribution >= 0.6 is 0 Å². The molecule has 0 aliphatic heterocycles. The number of hydrogen-bond donors (Lipinski definition) is 1. The molecule has 1 aliphatic rings. The summed E-state index contributed by atoms with van der Waals surface area (Å²) in [5.74, 6) is 0.219. The predicted octanol–water partition coefficient (Wildman–Crippen LogP) is 5.27. The van der Waals surface area contributed by atoms with Gasteiger partial charge in [-0.2, -0.15) is 0 Å². The molecule has 0 radical (unpaired) electrons. The van der Waals surface area contributed by atoms with Gasteiger partial charge < -0.3 is 14.6 Å². The number of nitrogens with zero attached hydrogens (tertiary/aromatic N) is 3. The zero-order chi connectivity index (χ0) is 25.6. The maximum Gasteiger partial charge on any atom is 0.248 e. The zero-order valence-electron chi connectivity index (χ0n) is 21.0. The van der Waals surface area contributed by atoms with E-state index in [9.17, 15) is 9.59 Å². The summed E-state index contributed by atoms with van der Waals surface area (Å²) >= 11 is 0. The van der Waals surface area contributed by atoms with Crippen LogP contribution in [0.1, 0.15) is 43.7 Å². The van der Waals surface area contributed by atoms with Crippen molar-refractivity contribution in [3.8, 4) is 5.75 Å². The number of para-hydroxylation sites is 2. The number of methoxy groups -OCH3 is 1. The summed E-state index contributed by atoms with van der Waals surface area (Å²) in [7, 11) is 1.59. The smallest absolute Gasteiger partial charge is 0.248 e. The van der Waals surface area contributed by atoms with Gasteiger partial charge in [0, 0.05) is 17.8 Å². The van der Waals surface area contributed by atoms with Crippen molar-refractivity contribution in [2.45, 2.75) is 50.7 Å². The number of ether oxygens (including phenoxy) is 1. The van der Waals surface area contributed by atoms with E-state index in [4.69, 9.17) is 4.74 Å². The average molecular weight is 497 g/mol. The van der Waals surface area contributed by atoms with Gasteiger partial charge in [-0.3, -0.25) is 14.5 Å². The molecule has 0 saturated heterocycles. The fraction of sp³-hybridized carbons (Fsp3) is 0.300. The van der Waals surface area contributed by atoms with Gasteiger partial charge in [-0.15, -0.1) is 0 Å². The lowest BCUT2D eigenvalue weighted by Crippen LogP contribution is -2.48. The average Bonchev–Trinajstić information content (AvgIpc) is 3.35. The molecular formula is C30H32N4O3. The highest BCUT2D eigenvalue weighted by molar-refractivity contribution is 6.01. The molecule has 190 valence electrons. The zero-order valence-corrected chi connectivity index (χ0v) is 21.0. The molecule has 1 saturated carbocycles. The molecule has 1 aromatic heterocycles. The van der Waals surface area contributed by atoms with Gasteiger partial charge >= 0.3 is 0 Å². The van der Waals surface area contributed by atoms with Gasteiger partial charge in [0.05, 0.1) is 24.5 Å². The van der Waals surface area contributed by atoms with E-state index in [1.54, 1.807) is 24.4 Å². The normalized spacial score (nSPS) is 14.7. The fourth-order valence-electron chi connectivity index (χ4n) is 5.14. The second kappa shape index (κ2) is 11.3. The van der Waals surface area contributed by atoms with E-state index in [2.05, 4.69) is 10.3 Å². The number of carbonyl (C=O) groups excluding carboxylic acids is 2. The van der Waals surface area contributed by atoms with E-state index >= 15 is 0 Å². The summed E-state index contributed by atoms with van der Waals surface area (Å²) in [4.78, 5) is 34.1. The van der Waals surface area contributed by atoms with E-state index < -0.39 is 6.04 Å². The van der Waals surface area contributed by atoms with Gasteiger partial charge in [0.25, 0.3) is 0 Å². The first-order valence-corrected chi connectivity index (χ1v) is 12.9. The highest BCUT2D eigenvalue weighted by Gasteiger charge is 2.34. The molecule has 1 fully saturated rings. The fourth-order valence-corrected chi connectivity index (χ4v) is 5.14. The molecule has 7 heteroatoms. The number of hydrogen-bond acceptors (Lipinski definition) is 4. The summed E-state index contributed by atoms with van der Waals surface area (Å²) in [6.45, 7) is 0.0394. The Bertz CT molecular complexity index is 1360. The second-order valence-corrected chi connectivity index (χ2v) is 9.48. The topological polar surface area (TPSA) is 76.5 Å². The molecule has 0 bridgehead atoms. The molecular weight excluding hydrogens is 464 g/mol. The minimum Gasteiger partial charge on any atom is -0.497 e. The van der Waals surface area contributed by atoms with Crippen molar-refractivity contribution in [1.29, 1.82) is 0 Å². The largest absolute Gasteiger partial charge is 0.497 e. The minimum atomic E-state index is -0.836. The number of anilines is 1. The minimum absolute atomic E-state index is 0.0394. The van der Waals surface area contributed by atoms with Crippen molar-refractivity contribution in [3.63, 3.8) is 0 Å². The second-order valence-electron chi connectivity index (χ2n) is 9.48. The van der Waals surface area contributed by atoms with Crippen molar-refractivity contribution in [2.75, 3.05) is 12.0 Å². The first kappa shape index (κ1) is 24.6. The third-order valence-electron chi connectivity index (χ3n) is 7.01. The quantitative estimate of drug-likeness (QED) is 0.361. The van der Waals surface area contributed by atoms with Crippen molar-refractivity contribution in [3.05, 3.63) is 90.8 Å². The Balaban J connectivity index is 1.56. The number of benzene rings is 3. The van der Waals surface area contributed by atoms with Crippen LogP contribution in [0.2, 0.25) is 0 Å². The molecule has 0 unspecified atom stereocenters. The van der Waals surface area contributed by atoms with E-state index in [0.29, 0.717) is 11.4 Å². The molecule has 0 spiro atoms. The summed E-state index contributed by atoms with van der Waals surface area (Å²) in [6, 6.07) is 23.8. The van der Waals surface area contributed by atoms with Crippen LogP contribution in [0.5, 0.6) is 5.75 Å². The van der Waals surface area contributed by atoms with Crippen LogP contribution in [0.15, 0.2) is 85.2 Å². The molecule has 1 atom stereocenters. The Hall–Kier alpha value is -4.13. The van der Waals surface area contributed by atoms with Gasteiger partial charge in [-0.05, 0) is 42.7 Å². The lowest BCUT2D eigenvalue weighted by molar-refractivity contribution is -0.127. The molecule has 5 rings (SSSR count). The van der Waals surface area contributed by atoms with Crippen molar-refractivity contribution < 1.29 is 14.3 Å². The van der Waals surface area contributed by atoms with Crippen LogP contribution in [0, 0.1) is 0 Å². The standard InChI is InChI=1S/C30H32N4O3/c1-37-25-16-10-15-24(19-25)34(28(35)20-33-21-31-26-17-8-9-18-27(26)33)29(22-11-4-2-5-12-22)30(36)32-23-13-6-3-7-14-23/h2,4-5,8-12,15-19,21,23,29H,3,6-7,13-14,20H2,1H3,(H,32,36)/t29-/m0/s1. The Morgan fingerprint density at radius 2 is 1.76 bits per heavy atom. The van der Waals surface area contributed by atoms with Crippen molar-refractivity contribution >= 4 is 28.5 Å². The number of fused-ring (bicyclic) bond motifs is 1. The van der Waals surface area contributed by atoms with Crippen molar-refractivity contribution in [2.24, 2.45) is 0 Å². The van der Waals surface area contributed by atoms with Gasteiger partial charge in [0.2, 0.25) is 11.8 Å².